The van der Waals surface area contributed by atoms with Crippen molar-refractivity contribution in [3.63, 3.8) is 0 Å². The van der Waals surface area contributed by atoms with E-state index in [1.165, 1.54) is 0 Å². The summed E-state index contributed by atoms with van der Waals surface area (Å²) in [5.74, 6) is -0.0548. The zero-order valence-electron chi connectivity index (χ0n) is 15.8. The van der Waals surface area contributed by atoms with E-state index in [1.54, 1.807) is 26.2 Å². The number of hydrogen-bond donors (Lipinski definition) is 1. The van der Waals surface area contributed by atoms with Crippen molar-refractivity contribution in [2.45, 2.75) is 20.8 Å². The number of benzene rings is 1. The molecule has 0 aliphatic carbocycles. The standard InChI is InChI=1S/C23H26O3/c1-18(8-5-6-11-20(3)23(24)25)9-7-10-19(2)12-13-21-14-16-22(26-4)17-15-21/h5-17H,1-4H3,(H,24,25)/b6-5+,9-7+,13-12+,18-8+,19-10+,20-11+. The van der Waals surface area contributed by atoms with Gasteiger partial charge in [0.05, 0.1) is 7.11 Å². The molecule has 0 amide bonds. The van der Waals surface area contributed by atoms with Gasteiger partial charge in [-0.15, -0.1) is 0 Å². The van der Waals surface area contributed by atoms with Crippen LogP contribution in [0.2, 0.25) is 0 Å². The molecule has 0 radical (unpaired) electrons. The van der Waals surface area contributed by atoms with Gasteiger partial charge in [0.1, 0.15) is 5.75 Å². The summed E-state index contributed by atoms with van der Waals surface area (Å²) in [4.78, 5) is 10.7. The first-order valence-corrected chi connectivity index (χ1v) is 8.34. The van der Waals surface area contributed by atoms with Crippen LogP contribution in [-0.4, -0.2) is 18.2 Å². The summed E-state index contributed by atoms with van der Waals surface area (Å²) in [6, 6.07) is 7.90. The second kappa shape index (κ2) is 11.5. The van der Waals surface area contributed by atoms with Gasteiger partial charge >= 0.3 is 5.97 Å². The minimum absolute atomic E-state index is 0.310. The monoisotopic (exact) mass is 350 g/mol. The van der Waals surface area contributed by atoms with E-state index in [9.17, 15) is 4.79 Å². The molecular weight excluding hydrogens is 324 g/mol. The fourth-order valence-corrected chi connectivity index (χ4v) is 1.88. The third kappa shape index (κ3) is 8.69. The highest BCUT2D eigenvalue weighted by molar-refractivity contribution is 5.86. The Morgan fingerprint density at radius 3 is 2.08 bits per heavy atom. The first kappa shape index (κ1) is 21.0. The Bertz CT molecular complexity index is 770. The fraction of sp³-hybridized carbons (Fsp3) is 0.174. The Hall–Kier alpha value is -3.07. The Morgan fingerprint density at radius 2 is 1.46 bits per heavy atom. The Kier molecular flexibility index (Phi) is 9.26. The number of carboxylic acids is 1. The van der Waals surface area contributed by atoms with Crippen LogP contribution in [0.15, 0.2) is 89.6 Å². The fourth-order valence-electron chi connectivity index (χ4n) is 1.88. The molecule has 0 unspecified atom stereocenters. The lowest BCUT2D eigenvalue weighted by atomic mass is 10.1. The maximum absolute atomic E-state index is 10.7. The lowest BCUT2D eigenvalue weighted by Gasteiger charge is -1.99. The van der Waals surface area contributed by atoms with Crippen LogP contribution in [0.25, 0.3) is 6.08 Å². The van der Waals surface area contributed by atoms with E-state index in [0.29, 0.717) is 5.57 Å². The van der Waals surface area contributed by atoms with Gasteiger partial charge in [-0.05, 0) is 38.5 Å². The SMILES string of the molecule is COc1ccc(/C=C/C(C)=C/C=C/C(C)=C/C=C/C=C(\C)C(=O)O)cc1. The molecule has 1 N–H and O–H groups in total. The number of methoxy groups -OCH3 is 1. The molecule has 0 saturated carbocycles. The molecule has 0 fully saturated rings. The lowest BCUT2D eigenvalue weighted by Crippen LogP contribution is -1.94. The molecule has 1 aromatic carbocycles. The molecule has 3 heteroatoms. The number of hydrogen-bond acceptors (Lipinski definition) is 2. The zero-order chi connectivity index (χ0) is 19.4. The molecular formula is C23H26O3. The molecule has 0 saturated heterocycles. The highest BCUT2D eigenvalue weighted by Crippen LogP contribution is 2.13. The lowest BCUT2D eigenvalue weighted by molar-refractivity contribution is -0.132. The number of aliphatic carboxylic acids is 1. The van der Waals surface area contributed by atoms with Crippen LogP contribution in [0, 0.1) is 0 Å². The predicted molar refractivity (Wildman–Crippen MR) is 109 cm³/mol. The van der Waals surface area contributed by atoms with Crippen LogP contribution in [0.1, 0.15) is 26.3 Å². The van der Waals surface area contributed by atoms with Gasteiger partial charge < -0.3 is 9.84 Å². The van der Waals surface area contributed by atoms with Crippen molar-refractivity contribution in [2.75, 3.05) is 7.11 Å². The van der Waals surface area contributed by atoms with Crippen molar-refractivity contribution in [1.29, 1.82) is 0 Å². The van der Waals surface area contributed by atoms with Crippen molar-refractivity contribution in [3.05, 3.63) is 95.2 Å². The Balaban J connectivity index is 2.59. The van der Waals surface area contributed by atoms with Gasteiger partial charge in [0.25, 0.3) is 0 Å². The molecule has 0 bridgehead atoms. The van der Waals surface area contributed by atoms with Gasteiger partial charge in [0.2, 0.25) is 0 Å². The summed E-state index contributed by atoms with van der Waals surface area (Å²) in [6.45, 7) is 5.60. The summed E-state index contributed by atoms with van der Waals surface area (Å²) in [5.41, 5.74) is 3.64. The smallest absolute Gasteiger partial charge is 0.331 e. The van der Waals surface area contributed by atoms with E-state index in [2.05, 4.69) is 12.2 Å². The van der Waals surface area contributed by atoms with Crippen molar-refractivity contribution in [1.82, 2.24) is 0 Å². The minimum atomic E-state index is -0.904. The third-order valence-electron chi connectivity index (χ3n) is 3.53. The van der Waals surface area contributed by atoms with E-state index >= 15 is 0 Å². The van der Waals surface area contributed by atoms with E-state index in [1.807, 2.05) is 68.5 Å². The number of carboxylic acid groups (broad SMARTS) is 1. The number of rotatable bonds is 8. The summed E-state index contributed by atoms with van der Waals surface area (Å²) in [6.07, 6.45) is 17.2. The maximum Gasteiger partial charge on any atom is 0.331 e. The third-order valence-corrected chi connectivity index (χ3v) is 3.53. The maximum atomic E-state index is 10.7. The molecule has 0 heterocycles. The minimum Gasteiger partial charge on any atom is -0.497 e. The van der Waals surface area contributed by atoms with Gasteiger partial charge in [-0.2, -0.15) is 0 Å². The average molecular weight is 350 g/mol. The van der Waals surface area contributed by atoms with E-state index in [0.717, 1.165) is 22.5 Å². The molecule has 0 atom stereocenters. The van der Waals surface area contributed by atoms with Crippen LogP contribution in [-0.2, 0) is 4.79 Å². The largest absolute Gasteiger partial charge is 0.497 e. The average Bonchev–Trinajstić information content (AvgIpc) is 2.63. The second-order valence-electron chi connectivity index (χ2n) is 5.83. The molecule has 0 aromatic heterocycles. The van der Waals surface area contributed by atoms with Crippen molar-refractivity contribution in [2.24, 2.45) is 0 Å². The first-order valence-electron chi connectivity index (χ1n) is 8.34. The van der Waals surface area contributed by atoms with Gasteiger partial charge in [-0.3, -0.25) is 0 Å². The molecule has 1 aromatic rings. The van der Waals surface area contributed by atoms with Crippen molar-refractivity contribution >= 4 is 12.0 Å². The Morgan fingerprint density at radius 1 is 0.885 bits per heavy atom. The number of ether oxygens (including phenoxy) is 1. The summed E-state index contributed by atoms with van der Waals surface area (Å²) in [7, 11) is 1.66. The molecule has 3 nitrogen and oxygen atoms in total. The van der Waals surface area contributed by atoms with Crippen LogP contribution in [0.5, 0.6) is 5.75 Å². The number of allylic oxidation sites excluding steroid dienone is 10. The van der Waals surface area contributed by atoms with E-state index in [4.69, 9.17) is 9.84 Å². The summed E-state index contributed by atoms with van der Waals surface area (Å²) < 4.78 is 5.14. The van der Waals surface area contributed by atoms with Crippen LogP contribution >= 0.6 is 0 Å². The normalized spacial score (nSPS) is 13.9. The molecule has 0 spiro atoms. The van der Waals surface area contributed by atoms with Gasteiger partial charge in [-0.25, -0.2) is 4.79 Å². The molecule has 0 aliphatic rings. The molecule has 0 aliphatic heterocycles. The summed E-state index contributed by atoms with van der Waals surface area (Å²) >= 11 is 0. The van der Waals surface area contributed by atoms with E-state index in [-0.39, 0.29) is 0 Å². The first-order chi connectivity index (χ1) is 12.4. The highest BCUT2D eigenvalue weighted by atomic mass is 16.5. The van der Waals surface area contributed by atoms with Crippen molar-refractivity contribution in [3.8, 4) is 5.75 Å². The zero-order valence-corrected chi connectivity index (χ0v) is 15.8. The second-order valence-corrected chi connectivity index (χ2v) is 5.83. The van der Waals surface area contributed by atoms with Gasteiger partial charge in [-0.1, -0.05) is 78.0 Å². The highest BCUT2D eigenvalue weighted by Gasteiger charge is 1.95. The molecule has 136 valence electrons. The van der Waals surface area contributed by atoms with Crippen LogP contribution < -0.4 is 4.74 Å². The predicted octanol–water partition coefficient (Wildman–Crippen LogP) is 5.74. The summed E-state index contributed by atoms with van der Waals surface area (Å²) in [5, 5.41) is 8.75. The van der Waals surface area contributed by atoms with E-state index < -0.39 is 5.97 Å². The van der Waals surface area contributed by atoms with Gasteiger partial charge in [0, 0.05) is 5.57 Å². The number of carbonyl (C=O) groups is 1. The van der Waals surface area contributed by atoms with Crippen LogP contribution in [0.4, 0.5) is 0 Å². The molecule has 26 heavy (non-hydrogen) atoms. The quantitative estimate of drug-likeness (QED) is 0.480. The van der Waals surface area contributed by atoms with Crippen LogP contribution in [0.3, 0.4) is 0 Å². The molecule has 1 rings (SSSR count). The van der Waals surface area contributed by atoms with Crippen molar-refractivity contribution < 1.29 is 14.6 Å². The Labute approximate surface area is 156 Å². The topological polar surface area (TPSA) is 46.5 Å². The van der Waals surface area contributed by atoms with Gasteiger partial charge in [0.15, 0.2) is 0 Å².